The number of fused-ring (bicyclic) bond motifs is 1. The molecule has 0 bridgehead atoms. The average Bonchev–Trinajstić information content (AvgIpc) is 2.92. The highest BCUT2D eigenvalue weighted by molar-refractivity contribution is 6.21. The molecule has 4 rings (SSSR count). The van der Waals surface area contributed by atoms with E-state index >= 15 is 0 Å². The van der Waals surface area contributed by atoms with E-state index in [1.54, 1.807) is 12.1 Å². The summed E-state index contributed by atoms with van der Waals surface area (Å²) in [4.78, 5) is 31.3. The van der Waals surface area contributed by atoms with Crippen LogP contribution in [-0.2, 0) is 0 Å². The molecule has 0 saturated carbocycles. The summed E-state index contributed by atoms with van der Waals surface area (Å²) in [6.45, 7) is 5.97. The van der Waals surface area contributed by atoms with Crippen LogP contribution in [0.2, 0.25) is 0 Å². The SMILES string of the molecule is O=C1c2ccccc2C(=O)N1CCN1CCC(N2CCCCC2)CC1. The van der Waals surface area contributed by atoms with Crippen LogP contribution in [0.15, 0.2) is 24.3 Å². The largest absolute Gasteiger partial charge is 0.301 e. The molecule has 0 N–H and O–H groups in total. The number of benzene rings is 1. The van der Waals surface area contributed by atoms with Gasteiger partial charge in [-0.2, -0.15) is 0 Å². The predicted octanol–water partition coefficient (Wildman–Crippen LogP) is 2.23. The van der Waals surface area contributed by atoms with Gasteiger partial charge in [-0.3, -0.25) is 14.5 Å². The summed E-state index contributed by atoms with van der Waals surface area (Å²) in [6, 6.07) is 7.87. The Hall–Kier alpha value is -1.72. The highest BCUT2D eigenvalue weighted by Gasteiger charge is 2.35. The third-order valence-electron chi connectivity index (χ3n) is 5.98. The molecule has 0 radical (unpaired) electrons. The molecular weight excluding hydrogens is 314 g/mol. The minimum atomic E-state index is -0.135. The van der Waals surface area contributed by atoms with Crippen molar-refractivity contribution in [2.75, 3.05) is 39.3 Å². The molecule has 134 valence electrons. The number of carbonyl (C=O) groups is 2. The van der Waals surface area contributed by atoms with Crippen molar-refractivity contribution in [1.29, 1.82) is 0 Å². The lowest BCUT2D eigenvalue weighted by Gasteiger charge is -2.40. The van der Waals surface area contributed by atoms with E-state index in [9.17, 15) is 9.59 Å². The Labute approximate surface area is 149 Å². The summed E-state index contributed by atoms with van der Waals surface area (Å²) in [5.41, 5.74) is 1.10. The normalized spacial score (nSPS) is 23.3. The second-order valence-electron chi connectivity index (χ2n) is 7.48. The first-order valence-corrected chi connectivity index (χ1v) is 9.65. The molecule has 2 fully saturated rings. The zero-order valence-electron chi connectivity index (χ0n) is 14.8. The van der Waals surface area contributed by atoms with Gasteiger partial charge in [-0.25, -0.2) is 0 Å². The van der Waals surface area contributed by atoms with Crippen molar-refractivity contribution in [3.8, 4) is 0 Å². The molecule has 1 aromatic rings. The highest BCUT2D eigenvalue weighted by atomic mass is 16.2. The quantitative estimate of drug-likeness (QED) is 0.788. The molecule has 3 heterocycles. The van der Waals surface area contributed by atoms with Gasteiger partial charge in [0, 0.05) is 19.1 Å². The second-order valence-corrected chi connectivity index (χ2v) is 7.48. The van der Waals surface area contributed by atoms with E-state index in [1.165, 1.54) is 50.1 Å². The fourth-order valence-electron chi connectivity index (χ4n) is 4.48. The first kappa shape index (κ1) is 16.7. The van der Waals surface area contributed by atoms with E-state index in [1.807, 2.05) is 12.1 Å². The number of carbonyl (C=O) groups excluding carboxylic acids is 2. The zero-order valence-corrected chi connectivity index (χ0v) is 14.8. The van der Waals surface area contributed by atoms with Crippen molar-refractivity contribution in [3.05, 3.63) is 35.4 Å². The lowest BCUT2D eigenvalue weighted by molar-refractivity contribution is 0.0599. The third kappa shape index (κ3) is 3.35. The van der Waals surface area contributed by atoms with E-state index in [0.29, 0.717) is 17.7 Å². The van der Waals surface area contributed by atoms with Crippen molar-refractivity contribution in [2.24, 2.45) is 0 Å². The van der Waals surface area contributed by atoms with Crippen molar-refractivity contribution in [1.82, 2.24) is 14.7 Å². The predicted molar refractivity (Wildman–Crippen MR) is 96.7 cm³/mol. The molecule has 5 heteroatoms. The Bertz CT molecular complexity index is 611. The summed E-state index contributed by atoms with van der Waals surface area (Å²) >= 11 is 0. The molecule has 1 aromatic carbocycles. The Morgan fingerprint density at radius 2 is 1.40 bits per heavy atom. The number of nitrogens with zero attached hydrogens (tertiary/aromatic N) is 3. The van der Waals surface area contributed by atoms with Crippen molar-refractivity contribution < 1.29 is 9.59 Å². The lowest BCUT2D eigenvalue weighted by Crippen LogP contribution is -2.48. The molecule has 2 amide bonds. The van der Waals surface area contributed by atoms with Crippen LogP contribution in [0.25, 0.3) is 0 Å². The number of hydrogen-bond acceptors (Lipinski definition) is 4. The minimum absolute atomic E-state index is 0.135. The smallest absolute Gasteiger partial charge is 0.261 e. The standard InChI is InChI=1S/C20H27N3O2/c24-19-17-6-2-3-7-18(17)20(25)23(19)15-14-21-12-8-16(9-13-21)22-10-4-1-5-11-22/h2-3,6-7,16H,1,4-5,8-15H2. The third-order valence-corrected chi connectivity index (χ3v) is 5.98. The van der Waals surface area contributed by atoms with E-state index in [-0.39, 0.29) is 11.8 Å². The summed E-state index contributed by atoms with van der Waals surface area (Å²) in [6.07, 6.45) is 6.50. The van der Waals surface area contributed by atoms with Crippen molar-refractivity contribution in [2.45, 2.75) is 38.1 Å². The number of imide groups is 1. The fraction of sp³-hybridized carbons (Fsp3) is 0.600. The van der Waals surface area contributed by atoms with Gasteiger partial charge in [0.1, 0.15) is 0 Å². The molecule has 0 aliphatic carbocycles. The van der Waals surface area contributed by atoms with Crippen LogP contribution in [0.5, 0.6) is 0 Å². The molecule has 0 spiro atoms. The van der Waals surface area contributed by atoms with Crippen LogP contribution in [0.4, 0.5) is 0 Å². The average molecular weight is 341 g/mol. The van der Waals surface area contributed by atoms with Crippen molar-refractivity contribution in [3.63, 3.8) is 0 Å². The van der Waals surface area contributed by atoms with Gasteiger partial charge >= 0.3 is 0 Å². The monoisotopic (exact) mass is 341 g/mol. The van der Waals surface area contributed by atoms with E-state index in [0.717, 1.165) is 25.7 Å². The zero-order chi connectivity index (χ0) is 17.2. The van der Waals surface area contributed by atoms with Gasteiger partial charge in [0.2, 0.25) is 0 Å². The highest BCUT2D eigenvalue weighted by Crippen LogP contribution is 2.23. The molecule has 0 aromatic heterocycles. The number of rotatable bonds is 4. The Kier molecular flexibility index (Phi) is 4.86. The lowest BCUT2D eigenvalue weighted by atomic mass is 10.00. The van der Waals surface area contributed by atoms with Gasteiger partial charge < -0.3 is 9.80 Å². The van der Waals surface area contributed by atoms with E-state index in [2.05, 4.69) is 9.80 Å². The van der Waals surface area contributed by atoms with Crippen molar-refractivity contribution >= 4 is 11.8 Å². The first-order valence-electron chi connectivity index (χ1n) is 9.65. The topological polar surface area (TPSA) is 43.9 Å². The van der Waals surface area contributed by atoms with Gasteiger partial charge in [0.15, 0.2) is 0 Å². The Balaban J connectivity index is 1.27. The molecule has 3 aliphatic heterocycles. The number of hydrogen-bond donors (Lipinski definition) is 0. The molecule has 0 unspecified atom stereocenters. The molecule has 0 atom stereocenters. The molecule has 2 saturated heterocycles. The minimum Gasteiger partial charge on any atom is -0.301 e. The van der Waals surface area contributed by atoms with Crippen LogP contribution >= 0.6 is 0 Å². The maximum absolute atomic E-state index is 12.4. The maximum Gasteiger partial charge on any atom is 0.261 e. The molecule has 3 aliphatic rings. The number of amides is 2. The van der Waals surface area contributed by atoms with Crippen LogP contribution in [-0.4, -0.2) is 71.8 Å². The fourth-order valence-corrected chi connectivity index (χ4v) is 4.48. The van der Waals surface area contributed by atoms with Gasteiger partial charge in [0.25, 0.3) is 11.8 Å². The number of likely N-dealkylation sites (tertiary alicyclic amines) is 2. The molecular formula is C20H27N3O2. The summed E-state index contributed by atoms with van der Waals surface area (Å²) in [5, 5.41) is 0. The molecule has 5 nitrogen and oxygen atoms in total. The van der Waals surface area contributed by atoms with Gasteiger partial charge in [-0.1, -0.05) is 18.6 Å². The summed E-state index contributed by atoms with van der Waals surface area (Å²) < 4.78 is 0. The van der Waals surface area contributed by atoms with E-state index < -0.39 is 0 Å². The van der Waals surface area contributed by atoms with Gasteiger partial charge in [-0.15, -0.1) is 0 Å². The Morgan fingerprint density at radius 1 is 0.800 bits per heavy atom. The van der Waals surface area contributed by atoms with Crippen LogP contribution < -0.4 is 0 Å². The van der Waals surface area contributed by atoms with Crippen LogP contribution in [0, 0.1) is 0 Å². The molecule has 25 heavy (non-hydrogen) atoms. The summed E-state index contributed by atoms with van der Waals surface area (Å²) in [5.74, 6) is -0.271. The van der Waals surface area contributed by atoms with Crippen LogP contribution in [0.3, 0.4) is 0 Å². The summed E-state index contributed by atoms with van der Waals surface area (Å²) in [7, 11) is 0. The first-order chi connectivity index (χ1) is 12.2. The Morgan fingerprint density at radius 3 is 2.00 bits per heavy atom. The van der Waals surface area contributed by atoms with Gasteiger partial charge in [-0.05, 0) is 64.0 Å². The van der Waals surface area contributed by atoms with E-state index in [4.69, 9.17) is 0 Å². The van der Waals surface area contributed by atoms with Gasteiger partial charge in [0.05, 0.1) is 11.1 Å². The number of piperidine rings is 2. The maximum atomic E-state index is 12.4. The second kappa shape index (κ2) is 7.26. The van der Waals surface area contributed by atoms with Crippen LogP contribution in [0.1, 0.15) is 52.8 Å².